The lowest BCUT2D eigenvalue weighted by Crippen LogP contribution is -2.14. The zero-order valence-corrected chi connectivity index (χ0v) is 11.8. The molecule has 0 unspecified atom stereocenters. The van der Waals surface area contributed by atoms with E-state index in [1.54, 1.807) is 12.5 Å². The highest BCUT2D eigenvalue weighted by Crippen LogP contribution is 2.09. The normalized spacial score (nSPS) is 10.8. The molecule has 1 aromatic heterocycles. The fraction of sp³-hybridized carbons (Fsp3) is 0.438. The molecule has 2 rings (SSSR count). The summed E-state index contributed by atoms with van der Waals surface area (Å²) in [6.45, 7) is 2.26. The summed E-state index contributed by atoms with van der Waals surface area (Å²) >= 11 is 0. The Hall–Kier alpha value is -1.65. The fourth-order valence-corrected chi connectivity index (χ4v) is 2.15. The van der Waals surface area contributed by atoms with Crippen molar-refractivity contribution in [1.82, 2.24) is 14.9 Å². The lowest BCUT2D eigenvalue weighted by molar-refractivity contribution is 0.282. The van der Waals surface area contributed by atoms with Gasteiger partial charge in [0.2, 0.25) is 0 Å². The van der Waals surface area contributed by atoms with Crippen molar-refractivity contribution in [3.8, 4) is 5.69 Å². The van der Waals surface area contributed by atoms with Crippen LogP contribution in [0.2, 0.25) is 0 Å². The number of hydrogen-bond acceptors (Lipinski definition) is 3. The van der Waals surface area contributed by atoms with E-state index >= 15 is 0 Å². The molecule has 2 aromatic rings. The molecule has 4 nitrogen and oxygen atoms in total. The van der Waals surface area contributed by atoms with E-state index in [2.05, 4.69) is 34.6 Å². The van der Waals surface area contributed by atoms with Crippen LogP contribution in [0.15, 0.2) is 43.0 Å². The maximum absolute atomic E-state index is 8.69. The van der Waals surface area contributed by atoms with Crippen molar-refractivity contribution in [3.05, 3.63) is 48.5 Å². The highest BCUT2D eigenvalue weighted by atomic mass is 16.2. The molecule has 4 heteroatoms. The van der Waals surface area contributed by atoms with Crippen molar-refractivity contribution < 1.29 is 5.11 Å². The van der Waals surface area contributed by atoms with Crippen LogP contribution in [-0.4, -0.2) is 27.8 Å². The second kappa shape index (κ2) is 8.51. The van der Waals surface area contributed by atoms with Crippen molar-refractivity contribution in [1.29, 1.82) is 0 Å². The predicted molar refractivity (Wildman–Crippen MR) is 80.8 cm³/mol. The van der Waals surface area contributed by atoms with Gasteiger partial charge < -0.3 is 15.0 Å². The van der Waals surface area contributed by atoms with Crippen molar-refractivity contribution in [2.24, 2.45) is 0 Å². The number of nitrogens with one attached hydrogen (secondary N) is 1. The average Bonchev–Trinajstić information content (AvgIpc) is 3.01. The third-order valence-electron chi connectivity index (χ3n) is 3.33. The Morgan fingerprint density at radius 2 is 1.85 bits per heavy atom. The molecule has 1 aromatic carbocycles. The number of aromatic nitrogens is 2. The van der Waals surface area contributed by atoms with Crippen molar-refractivity contribution in [2.75, 3.05) is 13.2 Å². The van der Waals surface area contributed by atoms with Gasteiger partial charge in [0.1, 0.15) is 0 Å². The first-order chi connectivity index (χ1) is 9.90. The van der Waals surface area contributed by atoms with E-state index in [-0.39, 0.29) is 0 Å². The maximum atomic E-state index is 8.69. The van der Waals surface area contributed by atoms with Crippen LogP contribution in [0.3, 0.4) is 0 Å². The first kappa shape index (κ1) is 14.8. The molecule has 0 aliphatic carbocycles. The Morgan fingerprint density at radius 1 is 1.05 bits per heavy atom. The van der Waals surface area contributed by atoms with Gasteiger partial charge in [0.15, 0.2) is 0 Å². The number of imidazole rings is 1. The van der Waals surface area contributed by atoms with Gasteiger partial charge in [-0.2, -0.15) is 0 Å². The summed E-state index contributed by atoms with van der Waals surface area (Å²) in [5, 5.41) is 12.1. The molecule has 2 N–H and O–H groups in total. The van der Waals surface area contributed by atoms with Gasteiger partial charge in [0.05, 0.1) is 6.33 Å². The minimum absolute atomic E-state index is 0.316. The van der Waals surface area contributed by atoms with E-state index in [0.29, 0.717) is 6.61 Å². The third-order valence-corrected chi connectivity index (χ3v) is 3.33. The average molecular weight is 273 g/mol. The Balaban J connectivity index is 1.67. The van der Waals surface area contributed by atoms with Crippen molar-refractivity contribution in [3.63, 3.8) is 0 Å². The maximum Gasteiger partial charge on any atom is 0.0991 e. The summed E-state index contributed by atoms with van der Waals surface area (Å²) in [4.78, 5) is 4.05. The number of hydrogen-bond donors (Lipinski definition) is 2. The molecule has 0 saturated carbocycles. The van der Waals surface area contributed by atoms with Gasteiger partial charge in [-0.1, -0.05) is 25.0 Å². The number of nitrogens with zero attached hydrogens (tertiary/aromatic N) is 2. The van der Waals surface area contributed by atoms with Gasteiger partial charge in [0.25, 0.3) is 0 Å². The summed E-state index contributed by atoms with van der Waals surface area (Å²) in [5.74, 6) is 0. The molecule has 0 bridgehead atoms. The molecule has 0 amide bonds. The molecular formula is C16H23N3O. The molecule has 0 atom stereocenters. The SMILES string of the molecule is OCCCCCCNCc1ccc(-n2ccnc2)cc1. The Morgan fingerprint density at radius 3 is 2.55 bits per heavy atom. The van der Waals surface area contributed by atoms with Gasteiger partial charge in [0, 0.05) is 31.2 Å². The van der Waals surface area contributed by atoms with Gasteiger partial charge in [-0.3, -0.25) is 0 Å². The summed E-state index contributed by atoms with van der Waals surface area (Å²) in [6, 6.07) is 8.52. The third kappa shape index (κ3) is 4.79. The summed E-state index contributed by atoms with van der Waals surface area (Å²) in [6.07, 6.45) is 9.94. The molecule has 0 aliphatic heterocycles. The molecule has 0 spiro atoms. The van der Waals surface area contributed by atoms with Crippen LogP contribution in [0.5, 0.6) is 0 Å². The number of aliphatic hydroxyl groups excluding tert-OH is 1. The van der Waals surface area contributed by atoms with Gasteiger partial charge in [-0.05, 0) is 37.1 Å². The van der Waals surface area contributed by atoms with E-state index in [4.69, 9.17) is 5.11 Å². The van der Waals surface area contributed by atoms with E-state index in [0.717, 1.165) is 31.6 Å². The van der Waals surface area contributed by atoms with E-state index in [9.17, 15) is 0 Å². The van der Waals surface area contributed by atoms with Crippen molar-refractivity contribution in [2.45, 2.75) is 32.2 Å². The molecular weight excluding hydrogens is 250 g/mol. The van der Waals surface area contributed by atoms with Crippen LogP contribution < -0.4 is 5.32 Å². The smallest absolute Gasteiger partial charge is 0.0991 e. The first-order valence-corrected chi connectivity index (χ1v) is 7.29. The van der Waals surface area contributed by atoms with Crippen LogP contribution in [-0.2, 0) is 6.54 Å². The Labute approximate surface area is 120 Å². The minimum Gasteiger partial charge on any atom is -0.396 e. The van der Waals surface area contributed by atoms with Crippen LogP contribution in [0.25, 0.3) is 5.69 Å². The summed E-state index contributed by atoms with van der Waals surface area (Å²) in [5.41, 5.74) is 2.43. The number of unbranched alkanes of at least 4 members (excludes halogenated alkanes) is 3. The van der Waals surface area contributed by atoms with Gasteiger partial charge in [-0.25, -0.2) is 4.98 Å². The zero-order chi connectivity index (χ0) is 14.0. The molecule has 0 fully saturated rings. The Kier molecular flexibility index (Phi) is 6.27. The highest BCUT2D eigenvalue weighted by molar-refractivity contribution is 5.34. The van der Waals surface area contributed by atoms with Crippen LogP contribution >= 0.6 is 0 Å². The highest BCUT2D eigenvalue weighted by Gasteiger charge is 1.96. The van der Waals surface area contributed by atoms with E-state index in [1.165, 1.54) is 18.4 Å². The molecule has 0 aliphatic rings. The lowest BCUT2D eigenvalue weighted by Gasteiger charge is -2.07. The quantitative estimate of drug-likeness (QED) is 0.690. The van der Waals surface area contributed by atoms with E-state index in [1.807, 2.05) is 10.8 Å². The second-order valence-electron chi connectivity index (χ2n) is 4.95. The standard InChI is InChI=1S/C16H23N3O/c20-12-4-2-1-3-9-17-13-15-5-7-16(8-6-15)19-11-10-18-14-19/h5-8,10-11,14,17,20H,1-4,9,12-13H2. The van der Waals surface area contributed by atoms with Crippen LogP contribution in [0.1, 0.15) is 31.2 Å². The van der Waals surface area contributed by atoms with Crippen molar-refractivity contribution >= 4 is 0 Å². The molecule has 0 saturated heterocycles. The molecule has 0 radical (unpaired) electrons. The largest absolute Gasteiger partial charge is 0.396 e. The Bertz CT molecular complexity index is 465. The van der Waals surface area contributed by atoms with Gasteiger partial charge in [-0.15, -0.1) is 0 Å². The topological polar surface area (TPSA) is 50.1 Å². The summed E-state index contributed by atoms with van der Waals surface area (Å²) < 4.78 is 2.00. The first-order valence-electron chi connectivity index (χ1n) is 7.29. The van der Waals surface area contributed by atoms with Crippen LogP contribution in [0, 0.1) is 0 Å². The monoisotopic (exact) mass is 273 g/mol. The predicted octanol–water partition coefficient (Wildman–Crippen LogP) is 2.51. The zero-order valence-electron chi connectivity index (χ0n) is 11.8. The second-order valence-corrected chi connectivity index (χ2v) is 4.95. The number of aliphatic hydroxyl groups is 1. The van der Waals surface area contributed by atoms with Gasteiger partial charge >= 0.3 is 0 Å². The number of rotatable bonds is 9. The summed E-state index contributed by atoms with van der Waals surface area (Å²) in [7, 11) is 0. The molecule has 1 heterocycles. The van der Waals surface area contributed by atoms with E-state index < -0.39 is 0 Å². The lowest BCUT2D eigenvalue weighted by atomic mass is 10.2. The number of benzene rings is 1. The molecule has 20 heavy (non-hydrogen) atoms. The fourth-order valence-electron chi connectivity index (χ4n) is 2.15. The minimum atomic E-state index is 0.316. The van der Waals surface area contributed by atoms with Crippen LogP contribution in [0.4, 0.5) is 0 Å². The molecule has 108 valence electrons.